The van der Waals surface area contributed by atoms with E-state index in [1.807, 2.05) is 4.57 Å². The lowest BCUT2D eigenvalue weighted by Gasteiger charge is -2.33. The molecule has 4 heteroatoms. The minimum atomic E-state index is 0.516. The molecule has 11 heavy (non-hydrogen) atoms. The maximum atomic E-state index is 5.78. The van der Waals surface area contributed by atoms with Crippen molar-refractivity contribution in [2.24, 2.45) is 5.92 Å². The Morgan fingerprint density at radius 2 is 2.36 bits per heavy atom. The van der Waals surface area contributed by atoms with Crippen LogP contribution in [0.5, 0.6) is 0 Å². The Labute approximate surface area is 70.4 Å². The second-order valence-corrected chi connectivity index (χ2v) is 3.58. The molecule has 0 N–H and O–H groups in total. The fourth-order valence-electron chi connectivity index (χ4n) is 1.56. The molecule has 0 atom stereocenters. The monoisotopic (exact) mass is 171 g/mol. The molecule has 1 fully saturated rings. The third-order valence-electron chi connectivity index (χ3n) is 2.27. The first-order valence-corrected chi connectivity index (χ1v) is 4.20. The van der Waals surface area contributed by atoms with E-state index in [0.29, 0.717) is 11.3 Å². The summed E-state index contributed by atoms with van der Waals surface area (Å²) in [6.07, 6.45) is 4.12. The molecule has 0 unspecified atom stereocenters. The highest BCUT2D eigenvalue weighted by molar-refractivity contribution is 6.28. The van der Waals surface area contributed by atoms with E-state index in [1.165, 1.54) is 12.8 Å². The van der Waals surface area contributed by atoms with Gasteiger partial charge in [-0.2, -0.15) is 0 Å². The smallest absolute Gasteiger partial charge is 0.225 e. The zero-order valence-corrected chi connectivity index (χ0v) is 7.12. The Morgan fingerprint density at radius 3 is 2.82 bits per heavy atom. The molecule has 0 aromatic carbocycles. The van der Waals surface area contributed by atoms with Crippen LogP contribution in [0.3, 0.4) is 0 Å². The van der Waals surface area contributed by atoms with Crippen molar-refractivity contribution in [3.63, 3.8) is 0 Å². The predicted molar refractivity (Wildman–Crippen MR) is 42.5 cm³/mol. The molecule has 0 radical (unpaired) electrons. The molecule has 3 nitrogen and oxygen atoms in total. The van der Waals surface area contributed by atoms with Gasteiger partial charge in [-0.05, 0) is 30.4 Å². The van der Waals surface area contributed by atoms with E-state index in [4.69, 9.17) is 11.6 Å². The third-order valence-corrected chi connectivity index (χ3v) is 2.54. The molecule has 0 amide bonds. The topological polar surface area (TPSA) is 30.7 Å². The number of nitrogens with zero attached hydrogens (tertiary/aromatic N) is 3. The minimum absolute atomic E-state index is 0.516. The van der Waals surface area contributed by atoms with Crippen LogP contribution in [0.1, 0.15) is 25.8 Å². The lowest BCUT2D eigenvalue weighted by Crippen LogP contribution is -2.24. The van der Waals surface area contributed by atoms with Gasteiger partial charge in [-0.1, -0.05) is 6.92 Å². The van der Waals surface area contributed by atoms with Gasteiger partial charge in [0.25, 0.3) is 0 Å². The number of halogens is 1. The Hall–Kier alpha value is -0.570. The Balaban J connectivity index is 2.12. The van der Waals surface area contributed by atoms with Crippen LogP contribution in [0.2, 0.25) is 5.28 Å². The summed E-state index contributed by atoms with van der Waals surface area (Å²) in [4.78, 5) is 0. The van der Waals surface area contributed by atoms with Crippen molar-refractivity contribution in [3.05, 3.63) is 11.6 Å². The summed E-state index contributed by atoms with van der Waals surface area (Å²) >= 11 is 5.78. The first kappa shape index (κ1) is 7.10. The highest BCUT2D eigenvalue weighted by atomic mass is 35.5. The van der Waals surface area contributed by atoms with Crippen LogP contribution in [-0.4, -0.2) is 14.8 Å². The van der Waals surface area contributed by atoms with Crippen molar-refractivity contribution in [3.8, 4) is 0 Å². The van der Waals surface area contributed by atoms with Gasteiger partial charge in [0.05, 0.1) is 0 Å². The molecule has 0 spiro atoms. The minimum Gasteiger partial charge on any atom is -0.301 e. The first-order chi connectivity index (χ1) is 5.27. The molecule has 1 aliphatic rings. The number of hydrogen-bond acceptors (Lipinski definition) is 2. The molecule has 2 rings (SSSR count). The summed E-state index contributed by atoms with van der Waals surface area (Å²) in [5.41, 5.74) is 0. The van der Waals surface area contributed by atoms with Crippen LogP contribution in [0, 0.1) is 5.92 Å². The fraction of sp³-hybridized carbons (Fsp3) is 0.714. The van der Waals surface area contributed by atoms with Gasteiger partial charge in [0.2, 0.25) is 5.28 Å². The molecule has 1 aromatic rings. The predicted octanol–water partition coefficient (Wildman–Crippen LogP) is 1.90. The Bertz CT molecular complexity index is 252. The zero-order chi connectivity index (χ0) is 7.84. The second-order valence-electron chi connectivity index (χ2n) is 3.24. The van der Waals surface area contributed by atoms with E-state index in [9.17, 15) is 0 Å². The van der Waals surface area contributed by atoms with Crippen LogP contribution in [0.4, 0.5) is 0 Å². The molecule has 1 heterocycles. The van der Waals surface area contributed by atoms with Crippen LogP contribution >= 0.6 is 11.6 Å². The maximum Gasteiger partial charge on any atom is 0.225 e. The zero-order valence-electron chi connectivity index (χ0n) is 6.37. The molecule has 0 bridgehead atoms. The van der Waals surface area contributed by atoms with Crippen LogP contribution in [-0.2, 0) is 0 Å². The summed E-state index contributed by atoms with van der Waals surface area (Å²) in [5.74, 6) is 0.832. The van der Waals surface area contributed by atoms with Crippen molar-refractivity contribution in [1.29, 1.82) is 0 Å². The molecule has 0 aliphatic heterocycles. The van der Waals surface area contributed by atoms with Gasteiger partial charge in [-0.15, -0.1) is 10.2 Å². The average Bonchev–Trinajstić information content (AvgIpc) is 2.29. The summed E-state index contributed by atoms with van der Waals surface area (Å²) in [5, 5.41) is 7.97. The normalized spacial score (nSPS) is 30.0. The molecular formula is C7H10ClN3. The average molecular weight is 172 g/mol. The van der Waals surface area contributed by atoms with Gasteiger partial charge in [-0.25, -0.2) is 0 Å². The summed E-state index contributed by atoms with van der Waals surface area (Å²) in [6.45, 7) is 2.24. The van der Waals surface area contributed by atoms with Gasteiger partial charge < -0.3 is 4.57 Å². The SMILES string of the molecule is CC1CC(n2cnnc2Cl)C1. The fourth-order valence-corrected chi connectivity index (χ4v) is 1.79. The van der Waals surface area contributed by atoms with E-state index in [1.54, 1.807) is 6.33 Å². The lowest BCUT2D eigenvalue weighted by atomic mass is 9.82. The van der Waals surface area contributed by atoms with Crippen molar-refractivity contribution in [2.45, 2.75) is 25.8 Å². The van der Waals surface area contributed by atoms with E-state index in [-0.39, 0.29) is 0 Å². The first-order valence-electron chi connectivity index (χ1n) is 3.82. The van der Waals surface area contributed by atoms with Gasteiger partial charge in [0, 0.05) is 6.04 Å². The van der Waals surface area contributed by atoms with Crippen LogP contribution in [0.25, 0.3) is 0 Å². The molecule has 0 saturated heterocycles. The summed E-state index contributed by atoms with van der Waals surface area (Å²) in [6, 6.07) is 0.549. The standard InChI is InChI=1S/C7H10ClN3/c1-5-2-6(3-5)11-4-9-10-7(11)8/h4-6H,2-3H2,1H3. The third kappa shape index (κ3) is 1.13. The Kier molecular flexibility index (Phi) is 1.60. The van der Waals surface area contributed by atoms with Crippen LogP contribution in [0.15, 0.2) is 6.33 Å². The quantitative estimate of drug-likeness (QED) is 0.646. The van der Waals surface area contributed by atoms with E-state index in [2.05, 4.69) is 17.1 Å². The van der Waals surface area contributed by atoms with Gasteiger partial charge >= 0.3 is 0 Å². The lowest BCUT2D eigenvalue weighted by molar-refractivity contribution is 0.216. The number of aromatic nitrogens is 3. The van der Waals surface area contributed by atoms with Gasteiger partial charge in [0.1, 0.15) is 6.33 Å². The molecule has 1 aliphatic carbocycles. The number of rotatable bonds is 1. The van der Waals surface area contributed by atoms with E-state index >= 15 is 0 Å². The van der Waals surface area contributed by atoms with E-state index in [0.717, 1.165) is 5.92 Å². The summed E-state index contributed by atoms with van der Waals surface area (Å²) in [7, 11) is 0. The molecule has 1 aromatic heterocycles. The molecular weight excluding hydrogens is 162 g/mol. The molecule has 60 valence electrons. The Morgan fingerprint density at radius 1 is 1.64 bits per heavy atom. The molecule has 1 saturated carbocycles. The summed E-state index contributed by atoms with van der Waals surface area (Å²) < 4.78 is 1.95. The maximum absolute atomic E-state index is 5.78. The van der Waals surface area contributed by atoms with Crippen molar-refractivity contribution < 1.29 is 0 Å². The van der Waals surface area contributed by atoms with Crippen molar-refractivity contribution in [1.82, 2.24) is 14.8 Å². The van der Waals surface area contributed by atoms with Crippen molar-refractivity contribution >= 4 is 11.6 Å². The highest BCUT2D eigenvalue weighted by Crippen LogP contribution is 2.38. The highest BCUT2D eigenvalue weighted by Gasteiger charge is 2.27. The van der Waals surface area contributed by atoms with Gasteiger partial charge in [-0.3, -0.25) is 0 Å². The van der Waals surface area contributed by atoms with Crippen LogP contribution < -0.4 is 0 Å². The number of hydrogen-bond donors (Lipinski definition) is 0. The van der Waals surface area contributed by atoms with Gasteiger partial charge in [0.15, 0.2) is 0 Å². The largest absolute Gasteiger partial charge is 0.301 e. The second kappa shape index (κ2) is 2.48. The van der Waals surface area contributed by atoms with E-state index < -0.39 is 0 Å². The van der Waals surface area contributed by atoms with Crippen molar-refractivity contribution in [2.75, 3.05) is 0 Å².